The van der Waals surface area contributed by atoms with Crippen molar-refractivity contribution in [3.8, 4) is 0 Å². The Bertz CT molecular complexity index is 889. The second kappa shape index (κ2) is 7.37. The molecule has 0 atom stereocenters. The summed E-state index contributed by atoms with van der Waals surface area (Å²) in [5, 5.41) is 4.20. The van der Waals surface area contributed by atoms with E-state index in [1.807, 2.05) is 11.4 Å². The number of ether oxygens (including phenoxy) is 1. The van der Waals surface area contributed by atoms with E-state index in [1.165, 1.54) is 11.3 Å². The van der Waals surface area contributed by atoms with Crippen LogP contribution in [0.5, 0.6) is 0 Å². The molecule has 2 aromatic heterocycles. The molecule has 0 saturated heterocycles. The van der Waals surface area contributed by atoms with Crippen LogP contribution in [0.15, 0.2) is 45.9 Å². The minimum atomic E-state index is -0.203. The van der Waals surface area contributed by atoms with Crippen molar-refractivity contribution in [3.05, 3.63) is 62.8 Å². The number of thiophene rings is 1. The van der Waals surface area contributed by atoms with E-state index in [1.54, 1.807) is 41.7 Å². The maximum absolute atomic E-state index is 12.6. The Morgan fingerprint density at radius 1 is 1.33 bits per heavy atom. The molecule has 3 aromatic rings. The summed E-state index contributed by atoms with van der Waals surface area (Å²) in [6.45, 7) is 1.05. The lowest BCUT2D eigenvalue weighted by Crippen LogP contribution is -2.34. The van der Waals surface area contributed by atoms with Crippen molar-refractivity contribution in [2.75, 3.05) is 20.3 Å². The molecule has 24 heavy (non-hydrogen) atoms. The van der Waals surface area contributed by atoms with Crippen LogP contribution in [0.3, 0.4) is 0 Å². The number of para-hydroxylation sites is 1. The number of rotatable bonds is 6. The first-order valence-corrected chi connectivity index (χ1v) is 8.41. The quantitative estimate of drug-likeness (QED) is 0.745. The molecule has 1 aromatic carbocycles. The third kappa shape index (κ3) is 3.52. The molecule has 0 aliphatic rings. The van der Waals surface area contributed by atoms with Gasteiger partial charge in [-0.2, -0.15) is 11.3 Å². The number of fused-ring (bicyclic) bond motifs is 1. The van der Waals surface area contributed by atoms with E-state index in [0.717, 1.165) is 0 Å². The molecule has 1 amide bonds. The molecular formula is C17H17N3O3S. The summed E-state index contributed by atoms with van der Waals surface area (Å²) in [7, 11) is 1.59. The molecule has 1 N–H and O–H groups in total. The van der Waals surface area contributed by atoms with E-state index in [-0.39, 0.29) is 18.0 Å². The summed E-state index contributed by atoms with van der Waals surface area (Å²) < 4.78 is 5.09. The topological polar surface area (TPSA) is 75.3 Å². The Kier molecular flexibility index (Phi) is 5.02. The first-order chi connectivity index (χ1) is 11.7. The smallest absolute Gasteiger partial charge is 0.258 e. The van der Waals surface area contributed by atoms with Gasteiger partial charge in [0, 0.05) is 19.0 Å². The number of hydrogen-bond donors (Lipinski definition) is 1. The van der Waals surface area contributed by atoms with Gasteiger partial charge in [0.25, 0.3) is 11.5 Å². The highest BCUT2D eigenvalue weighted by Gasteiger charge is 2.18. The second-order valence-corrected chi connectivity index (χ2v) is 6.04. The molecule has 0 unspecified atom stereocenters. The van der Waals surface area contributed by atoms with E-state index < -0.39 is 0 Å². The number of H-pyrrole nitrogens is 1. The standard InChI is InChI=1S/C17H17N3O3S/c1-23-8-7-20(17(22)12-6-9-24-11-12)10-15-18-14-5-3-2-4-13(14)16(21)19-15/h2-6,9,11H,7-8,10H2,1H3,(H,18,19,21). The fraction of sp³-hybridized carbons (Fsp3) is 0.235. The molecule has 0 fully saturated rings. The monoisotopic (exact) mass is 343 g/mol. The highest BCUT2D eigenvalue weighted by molar-refractivity contribution is 7.08. The average Bonchev–Trinajstić information content (AvgIpc) is 3.12. The third-order valence-electron chi connectivity index (χ3n) is 3.62. The minimum Gasteiger partial charge on any atom is -0.383 e. The van der Waals surface area contributed by atoms with Gasteiger partial charge in [0.15, 0.2) is 0 Å². The van der Waals surface area contributed by atoms with Gasteiger partial charge in [-0.15, -0.1) is 0 Å². The number of carbonyl (C=O) groups is 1. The molecule has 0 radical (unpaired) electrons. The van der Waals surface area contributed by atoms with Crippen LogP contribution in [0.1, 0.15) is 16.2 Å². The highest BCUT2D eigenvalue weighted by Crippen LogP contribution is 2.12. The van der Waals surface area contributed by atoms with Crippen LogP contribution in [0.2, 0.25) is 0 Å². The maximum Gasteiger partial charge on any atom is 0.258 e. The number of carbonyl (C=O) groups excluding carboxylic acids is 1. The number of amides is 1. The summed E-state index contributed by atoms with van der Waals surface area (Å²) in [6.07, 6.45) is 0. The van der Waals surface area contributed by atoms with Crippen LogP contribution in [0.4, 0.5) is 0 Å². The van der Waals surface area contributed by atoms with Gasteiger partial charge in [-0.1, -0.05) is 12.1 Å². The Morgan fingerprint density at radius 2 is 2.17 bits per heavy atom. The first-order valence-electron chi connectivity index (χ1n) is 7.47. The lowest BCUT2D eigenvalue weighted by Gasteiger charge is -2.21. The van der Waals surface area contributed by atoms with Crippen molar-refractivity contribution in [2.24, 2.45) is 0 Å². The Hall–Kier alpha value is -2.51. The van der Waals surface area contributed by atoms with Crippen molar-refractivity contribution in [1.29, 1.82) is 0 Å². The van der Waals surface area contributed by atoms with Crippen LogP contribution in [0, 0.1) is 0 Å². The second-order valence-electron chi connectivity index (χ2n) is 5.26. The molecule has 6 nitrogen and oxygen atoms in total. The largest absolute Gasteiger partial charge is 0.383 e. The summed E-state index contributed by atoms with van der Waals surface area (Å²) in [4.78, 5) is 33.6. The average molecular weight is 343 g/mol. The Labute approximate surface area is 142 Å². The van der Waals surface area contributed by atoms with E-state index in [4.69, 9.17) is 4.74 Å². The predicted molar refractivity (Wildman–Crippen MR) is 93.3 cm³/mol. The van der Waals surface area contributed by atoms with Crippen LogP contribution in [-0.2, 0) is 11.3 Å². The SMILES string of the molecule is COCCN(Cc1nc2ccccc2c(=O)[nH]1)C(=O)c1ccsc1. The molecule has 124 valence electrons. The third-order valence-corrected chi connectivity index (χ3v) is 4.31. The first kappa shape index (κ1) is 16.4. The number of aromatic nitrogens is 2. The normalized spacial score (nSPS) is 10.9. The highest BCUT2D eigenvalue weighted by atomic mass is 32.1. The van der Waals surface area contributed by atoms with Gasteiger partial charge in [0.05, 0.1) is 29.6 Å². The van der Waals surface area contributed by atoms with Crippen molar-refractivity contribution in [1.82, 2.24) is 14.9 Å². The van der Waals surface area contributed by atoms with Crippen molar-refractivity contribution in [3.63, 3.8) is 0 Å². The molecule has 0 bridgehead atoms. The molecule has 0 aliphatic heterocycles. The molecule has 0 spiro atoms. The van der Waals surface area contributed by atoms with E-state index in [2.05, 4.69) is 9.97 Å². The number of nitrogens with one attached hydrogen (secondary N) is 1. The van der Waals surface area contributed by atoms with Gasteiger partial charge in [0.2, 0.25) is 0 Å². The Morgan fingerprint density at radius 3 is 2.92 bits per heavy atom. The van der Waals surface area contributed by atoms with Crippen LogP contribution >= 0.6 is 11.3 Å². The molecule has 0 aliphatic carbocycles. The molecule has 3 rings (SSSR count). The van der Waals surface area contributed by atoms with Gasteiger partial charge < -0.3 is 14.6 Å². The number of methoxy groups -OCH3 is 1. The summed E-state index contributed by atoms with van der Waals surface area (Å²) in [6, 6.07) is 8.92. The number of hydrogen-bond acceptors (Lipinski definition) is 5. The maximum atomic E-state index is 12.6. The van der Waals surface area contributed by atoms with Gasteiger partial charge in [-0.25, -0.2) is 4.98 Å². The number of nitrogens with zero attached hydrogens (tertiary/aromatic N) is 2. The fourth-order valence-corrected chi connectivity index (χ4v) is 3.04. The molecule has 7 heteroatoms. The van der Waals surface area contributed by atoms with Gasteiger partial charge in [0.1, 0.15) is 5.82 Å². The number of aromatic amines is 1. The van der Waals surface area contributed by atoms with E-state index in [0.29, 0.717) is 35.4 Å². The fourth-order valence-electron chi connectivity index (χ4n) is 2.41. The van der Waals surface area contributed by atoms with Crippen LogP contribution in [-0.4, -0.2) is 41.0 Å². The van der Waals surface area contributed by atoms with Crippen molar-refractivity contribution < 1.29 is 9.53 Å². The summed E-state index contributed by atoms with van der Waals surface area (Å²) in [5.41, 5.74) is 1.04. The van der Waals surface area contributed by atoms with Crippen molar-refractivity contribution in [2.45, 2.75) is 6.54 Å². The zero-order valence-corrected chi connectivity index (χ0v) is 14.0. The summed E-state index contributed by atoms with van der Waals surface area (Å²) >= 11 is 1.47. The summed E-state index contributed by atoms with van der Waals surface area (Å²) in [5.74, 6) is 0.350. The molecule has 2 heterocycles. The van der Waals surface area contributed by atoms with Crippen LogP contribution in [0.25, 0.3) is 10.9 Å². The van der Waals surface area contributed by atoms with Gasteiger partial charge >= 0.3 is 0 Å². The van der Waals surface area contributed by atoms with Crippen molar-refractivity contribution >= 4 is 28.1 Å². The van der Waals surface area contributed by atoms with E-state index >= 15 is 0 Å². The number of benzene rings is 1. The van der Waals surface area contributed by atoms with E-state index in [9.17, 15) is 9.59 Å². The zero-order chi connectivity index (χ0) is 16.9. The van der Waals surface area contributed by atoms with Crippen LogP contribution < -0.4 is 5.56 Å². The molecule has 0 saturated carbocycles. The molecular weight excluding hydrogens is 326 g/mol. The lowest BCUT2D eigenvalue weighted by molar-refractivity contribution is 0.0676. The Balaban J connectivity index is 1.89. The predicted octanol–water partition coefficient (Wildman–Crippen LogP) is 2.27. The van der Waals surface area contributed by atoms with Gasteiger partial charge in [-0.3, -0.25) is 9.59 Å². The minimum absolute atomic E-state index is 0.107. The van der Waals surface area contributed by atoms with Gasteiger partial charge in [-0.05, 0) is 23.6 Å². The zero-order valence-electron chi connectivity index (χ0n) is 13.2. The lowest BCUT2D eigenvalue weighted by atomic mass is 10.2.